The number of carbonyl (C=O) groups is 2. The van der Waals surface area contributed by atoms with Gasteiger partial charge in [0.1, 0.15) is 11.6 Å². The van der Waals surface area contributed by atoms with Gasteiger partial charge < -0.3 is 10.1 Å². The van der Waals surface area contributed by atoms with E-state index < -0.39 is 5.91 Å². The third-order valence-corrected chi connectivity index (χ3v) is 4.88. The minimum Gasteiger partial charge on any atom is -0.469 e. The fourth-order valence-corrected chi connectivity index (χ4v) is 3.25. The van der Waals surface area contributed by atoms with E-state index in [1.165, 1.54) is 13.2 Å². The summed E-state index contributed by atoms with van der Waals surface area (Å²) in [6.07, 6.45) is 1.72. The molecule has 0 fully saturated rings. The van der Waals surface area contributed by atoms with Crippen LogP contribution in [0.5, 0.6) is 0 Å². The van der Waals surface area contributed by atoms with E-state index in [0.29, 0.717) is 23.5 Å². The Kier molecular flexibility index (Phi) is 6.28. The Morgan fingerprint density at radius 2 is 1.93 bits per heavy atom. The largest absolute Gasteiger partial charge is 0.469 e. The van der Waals surface area contributed by atoms with Crippen LogP contribution >= 0.6 is 0 Å². The van der Waals surface area contributed by atoms with Crippen molar-refractivity contribution < 1.29 is 14.3 Å². The maximum atomic E-state index is 12.8. The number of esters is 1. The smallest absolute Gasteiger partial charge is 0.307 e. The second-order valence-electron chi connectivity index (χ2n) is 6.78. The molecule has 2 aromatic carbocycles. The van der Waals surface area contributed by atoms with Gasteiger partial charge in [0, 0.05) is 22.3 Å². The van der Waals surface area contributed by atoms with Crippen LogP contribution in [-0.2, 0) is 20.9 Å². The van der Waals surface area contributed by atoms with Crippen LogP contribution in [0, 0.1) is 25.2 Å². The van der Waals surface area contributed by atoms with Gasteiger partial charge in [0.25, 0.3) is 5.91 Å². The number of aryl methyl sites for hydroxylation is 2. The lowest BCUT2D eigenvalue weighted by Gasteiger charge is -2.08. The van der Waals surface area contributed by atoms with E-state index in [4.69, 9.17) is 0 Å². The van der Waals surface area contributed by atoms with Crippen molar-refractivity contribution in [2.75, 3.05) is 12.4 Å². The molecular formula is C23H22N4O3. The average Bonchev–Trinajstić information content (AvgIpc) is 3.02. The van der Waals surface area contributed by atoms with Crippen LogP contribution in [-0.4, -0.2) is 28.8 Å². The molecule has 0 spiro atoms. The van der Waals surface area contributed by atoms with E-state index >= 15 is 0 Å². The molecule has 0 saturated carbocycles. The second-order valence-corrected chi connectivity index (χ2v) is 6.78. The third-order valence-electron chi connectivity index (χ3n) is 4.88. The molecule has 0 unspecified atom stereocenters. The van der Waals surface area contributed by atoms with Gasteiger partial charge in [0.05, 0.1) is 25.8 Å². The van der Waals surface area contributed by atoms with Crippen LogP contribution in [0.25, 0.3) is 16.8 Å². The summed E-state index contributed by atoms with van der Waals surface area (Å²) in [7, 11) is 1.34. The van der Waals surface area contributed by atoms with E-state index in [9.17, 15) is 14.9 Å². The molecule has 0 bridgehead atoms. The number of amides is 1. The molecule has 7 heteroatoms. The van der Waals surface area contributed by atoms with Crippen LogP contribution in [0.4, 0.5) is 5.69 Å². The molecule has 3 rings (SSSR count). The Balaban J connectivity index is 1.87. The van der Waals surface area contributed by atoms with Gasteiger partial charge in [0.15, 0.2) is 0 Å². The minimum absolute atomic E-state index is 0.0262. The van der Waals surface area contributed by atoms with Crippen LogP contribution < -0.4 is 5.32 Å². The number of aromatic nitrogens is 2. The van der Waals surface area contributed by atoms with Gasteiger partial charge >= 0.3 is 5.97 Å². The summed E-state index contributed by atoms with van der Waals surface area (Å²) < 4.78 is 6.34. The number of methoxy groups -OCH3 is 1. The number of carbonyl (C=O) groups excluding carboxylic acids is 2. The number of hydrogen-bond acceptors (Lipinski definition) is 5. The molecular weight excluding hydrogens is 380 g/mol. The summed E-state index contributed by atoms with van der Waals surface area (Å²) in [6.45, 7) is 3.99. The van der Waals surface area contributed by atoms with Gasteiger partial charge in [-0.25, -0.2) is 0 Å². The van der Waals surface area contributed by atoms with Gasteiger partial charge in [0.2, 0.25) is 0 Å². The molecule has 1 heterocycles. The van der Waals surface area contributed by atoms with Gasteiger partial charge in [-0.3, -0.25) is 14.3 Å². The lowest BCUT2D eigenvalue weighted by Crippen LogP contribution is -2.13. The van der Waals surface area contributed by atoms with E-state index in [2.05, 4.69) is 15.2 Å². The third kappa shape index (κ3) is 4.39. The number of nitrogens with one attached hydrogen (secondary N) is 1. The molecule has 30 heavy (non-hydrogen) atoms. The summed E-state index contributed by atoms with van der Waals surface area (Å²) in [5.74, 6) is -0.818. The van der Waals surface area contributed by atoms with Gasteiger partial charge in [-0.05, 0) is 31.4 Å². The zero-order chi connectivity index (χ0) is 21.7. The highest BCUT2D eigenvalue weighted by Crippen LogP contribution is 2.24. The van der Waals surface area contributed by atoms with Gasteiger partial charge in [-0.1, -0.05) is 36.4 Å². The Morgan fingerprint density at radius 1 is 1.20 bits per heavy atom. The Bertz CT molecular complexity index is 1180. The zero-order valence-corrected chi connectivity index (χ0v) is 17.1. The highest BCUT2D eigenvalue weighted by atomic mass is 16.5. The summed E-state index contributed by atoms with van der Waals surface area (Å²) >= 11 is 0. The first-order valence-corrected chi connectivity index (χ1v) is 9.46. The Morgan fingerprint density at radius 3 is 2.67 bits per heavy atom. The number of rotatable bonds is 6. The van der Waals surface area contributed by atoms with Crippen molar-refractivity contribution in [2.45, 2.75) is 26.8 Å². The highest BCUT2D eigenvalue weighted by molar-refractivity contribution is 6.13. The normalized spacial score (nSPS) is 11.2. The second kappa shape index (κ2) is 9.05. The van der Waals surface area contributed by atoms with Crippen LogP contribution in [0.2, 0.25) is 0 Å². The number of anilines is 1. The molecule has 1 N–H and O–H groups in total. The monoisotopic (exact) mass is 402 g/mol. The summed E-state index contributed by atoms with van der Waals surface area (Å²) in [6, 6.07) is 15.3. The van der Waals surface area contributed by atoms with Crippen molar-refractivity contribution in [3.8, 4) is 6.07 Å². The molecule has 7 nitrogen and oxygen atoms in total. The average molecular weight is 402 g/mol. The van der Waals surface area contributed by atoms with Crippen molar-refractivity contribution in [1.82, 2.24) is 9.78 Å². The zero-order valence-electron chi connectivity index (χ0n) is 17.1. The minimum atomic E-state index is -0.491. The first-order valence-electron chi connectivity index (χ1n) is 9.46. The fourth-order valence-electron chi connectivity index (χ4n) is 3.25. The van der Waals surface area contributed by atoms with E-state index in [-0.39, 0.29) is 18.0 Å². The first-order chi connectivity index (χ1) is 14.4. The number of benzene rings is 2. The van der Waals surface area contributed by atoms with Crippen molar-refractivity contribution in [2.24, 2.45) is 0 Å². The molecule has 0 aliphatic heterocycles. The Labute approximate surface area is 174 Å². The summed E-state index contributed by atoms with van der Waals surface area (Å²) in [5, 5.41) is 18.7. The predicted molar refractivity (Wildman–Crippen MR) is 115 cm³/mol. The molecule has 0 aliphatic rings. The molecule has 0 saturated heterocycles. The van der Waals surface area contributed by atoms with Crippen LogP contribution in [0.1, 0.15) is 23.4 Å². The van der Waals surface area contributed by atoms with Crippen molar-refractivity contribution in [3.63, 3.8) is 0 Å². The number of nitriles is 1. The lowest BCUT2D eigenvalue weighted by molar-refractivity contribution is -0.140. The standard InChI is InChI=1S/C23H22N4O3/c1-15-20(16(2)27(26-15)12-11-22(28)30-3)13-18(14-24)23(29)25-21-10-6-8-17-7-4-5-9-19(17)21/h4-10,13H,11-12H2,1-3H3,(H,25,29)/b18-13+. The molecule has 152 valence electrons. The summed E-state index contributed by atoms with van der Waals surface area (Å²) in [5.41, 5.74) is 2.73. The Hall–Kier alpha value is -3.92. The van der Waals surface area contributed by atoms with Crippen molar-refractivity contribution >= 4 is 34.4 Å². The molecule has 0 aliphatic carbocycles. The van der Waals surface area contributed by atoms with Crippen molar-refractivity contribution in [1.29, 1.82) is 5.26 Å². The predicted octanol–water partition coefficient (Wildman–Crippen LogP) is 3.76. The first kappa shape index (κ1) is 20.8. The van der Waals surface area contributed by atoms with Gasteiger partial charge in [-0.15, -0.1) is 0 Å². The van der Waals surface area contributed by atoms with E-state index in [1.54, 1.807) is 17.7 Å². The molecule has 3 aromatic rings. The summed E-state index contributed by atoms with van der Waals surface area (Å²) in [4.78, 5) is 24.2. The van der Waals surface area contributed by atoms with E-state index in [1.807, 2.05) is 49.4 Å². The highest BCUT2D eigenvalue weighted by Gasteiger charge is 2.16. The number of nitrogens with zero attached hydrogens (tertiary/aromatic N) is 3. The SMILES string of the molecule is COC(=O)CCn1nc(C)c(/C=C(\C#N)C(=O)Nc2cccc3ccccc23)c1C. The number of fused-ring (bicyclic) bond motifs is 1. The fraction of sp³-hybridized carbons (Fsp3) is 0.217. The van der Waals surface area contributed by atoms with Crippen LogP contribution in [0.3, 0.4) is 0 Å². The molecule has 1 aromatic heterocycles. The maximum absolute atomic E-state index is 12.8. The molecule has 1 amide bonds. The number of hydrogen-bond donors (Lipinski definition) is 1. The lowest BCUT2D eigenvalue weighted by atomic mass is 10.1. The van der Waals surface area contributed by atoms with Gasteiger partial charge in [-0.2, -0.15) is 10.4 Å². The molecule has 0 atom stereocenters. The van der Waals surface area contributed by atoms with Crippen molar-refractivity contribution in [3.05, 3.63) is 65.0 Å². The maximum Gasteiger partial charge on any atom is 0.307 e. The molecule has 0 radical (unpaired) electrons. The number of ether oxygens (including phenoxy) is 1. The van der Waals surface area contributed by atoms with Crippen LogP contribution in [0.15, 0.2) is 48.0 Å². The topological polar surface area (TPSA) is 97.0 Å². The van der Waals surface area contributed by atoms with E-state index in [0.717, 1.165) is 16.5 Å². The quantitative estimate of drug-likeness (QED) is 0.385.